The van der Waals surface area contributed by atoms with Crippen LogP contribution in [0.5, 0.6) is 0 Å². The Hall–Kier alpha value is -1.33. The molecule has 2 rings (SSSR count). The second kappa shape index (κ2) is 5.97. The number of hydrogen-bond acceptors (Lipinski definition) is 1. The Kier molecular flexibility index (Phi) is 4.99. The first-order valence-corrected chi connectivity index (χ1v) is 5.20. The van der Waals surface area contributed by atoms with Crippen LogP contribution < -0.4 is 0 Å². The van der Waals surface area contributed by atoms with Crippen LogP contribution in [-0.4, -0.2) is 4.98 Å². The van der Waals surface area contributed by atoms with Gasteiger partial charge in [0, 0.05) is 31.9 Å². The molecule has 0 saturated heterocycles. The summed E-state index contributed by atoms with van der Waals surface area (Å²) in [7, 11) is 0. The van der Waals surface area contributed by atoms with Crippen molar-refractivity contribution in [2.24, 2.45) is 0 Å². The molecule has 109 valence electrons. The van der Waals surface area contributed by atoms with E-state index in [2.05, 4.69) is 11.1 Å². The van der Waals surface area contributed by atoms with E-state index in [1.165, 1.54) is 12.3 Å². The van der Waals surface area contributed by atoms with E-state index in [1.54, 1.807) is 13.0 Å². The van der Waals surface area contributed by atoms with E-state index in [0.717, 1.165) is 0 Å². The van der Waals surface area contributed by atoms with Crippen LogP contribution in [0.3, 0.4) is 0 Å². The van der Waals surface area contributed by atoms with Gasteiger partial charge in [-0.3, -0.25) is 8.78 Å². The van der Waals surface area contributed by atoms with Gasteiger partial charge in [0.1, 0.15) is 0 Å². The maximum atomic E-state index is 13.8. The number of rotatable bonds is 1. The van der Waals surface area contributed by atoms with E-state index < -0.39 is 28.9 Å². The molecule has 2 aromatic rings. The van der Waals surface area contributed by atoms with E-state index >= 15 is 0 Å². The number of halogens is 5. The normalized spacial score (nSPS) is 11.1. The van der Waals surface area contributed by atoms with E-state index in [9.17, 15) is 22.0 Å². The monoisotopic (exact) mass is 465 g/mol. The van der Waals surface area contributed by atoms with Crippen molar-refractivity contribution in [1.29, 1.82) is 0 Å². The fraction of sp³-hybridized carbons (Fsp3) is 0.154. The summed E-state index contributed by atoms with van der Waals surface area (Å²) in [4.78, 5) is 3.76. The molecule has 0 atom stereocenters. The van der Waals surface area contributed by atoms with Crippen LogP contribution in [0, 0.1) is 24.6 Å². The molecule has 1 radical (unpaired) electrons. The van der Waals surface area contributed by atoms with Gasteiger partial charge < -0.3 is 4.98 Å². The van der Waals surface area contributed by atoms with Crippen molar-refractivity contribution in [3.05, 3.63) is 53.2 Å². The van der Waals surface area contributed by atoms with Crippen LogP contribution in [-0.2, 0) is 26.3 Å². The van der Waals surface area contributed by atoms with Gasteiger partial charge in [0.2, 0.25) is 0 Å². The Morgan fingerprint density at radius 1 is 1.20 bits per heavy atom. The third kappa shape index (κ3) is 3.22. The molecule has 0 amide bonds. The molecular formula is C13H7F5IrN-. The number of pyridine rings is 1. The average Bonchev–Trinajstić information content (AvgIpc) is 2.27. The van der Waals surface area contributed by atoms with Crippen molar-refractivity contribution in [2.75, 3.05) is 0 Å². The zero-order valence-electron chi connectivity index (χ0n) is 9.98. The van der Waals surface area contributed by atoms with Gasteiger partial charge in [-0.2, -0.15) is 13.2 Å². The van der Waals surface area contributed by atoms with Crippen LogP contribution >= 0.6 is 0 Å². The summed E-state index contributed by atoms with van der Waals surface area (Å²) in [5.74, 6) is -3.40. The summed E-state index contributed by atoms with van der Waals surface area (Å²) in [5.41, 5.74) is -1.76. The van der Waals surface area contributed by atoms with Crippen molar-refractivity contribution in [2.45, 2.75) is 13.1 Å². The molecule has 0 aliphatic rings. The van der Waals surface area contributed by atoms with Crippen molar-refractivity contribution >= 4 is 0 Å². The van der Waals surface area contributed by atoms with Gasteiger partial charge in [-0.1, -0.05) is 17.2 Å². The van der Waals surface area contributed by atoms with Gasteiger partial charge in [-0.05, 0) is 18.7 Å². The molecule has 20 heavy (non-hydrogen) atoms. The minimum absolute atomic E-state index is 0. The Bertz CT molecular complexity index is 625. The predicted molar refractivity (Wildman–Crippen MR) is 58.2 cm³/mol. The minimum Gasteiger partial charge on any atom is -0.305 e. The van der Waals surface area contributed by atoms with Crippen molar-refractivity contribution in [1.82, 2.24) is 4.98 Å². The van der Waals surface area contributed by atoms with Crippen molar-refractivity contribution in [3.8, 4) is 11.3 Å². The van der Waals surface area contributed by atoms with Gasteiger partial charge in [-0.15, -0.1) is 12.1 Å². The number of benzene rings is 1. The van der Waals surface area contributed by atoms with E-state index in [0.29, 0.717) is 11.6 Å². The average molecular weight is 464 g/mol. The standard InChI is InChI=1S/C13H7F5N.Ir/c1-7-4-5-19-10(6-7)8-2-3-9(14)11(12(8)15)13(16,17)18;/h3-6H,1H3;/q-1;. The number of nitrogens with zero attached hydrogens (tertiary/aromatic N) is 1. The molecular weight excluding hydrogens is 457 g/mol. The third-order valence-corrected chi connectivity index (χ3v) is 2.48. The van der Waals surface area contributed by atoms with Crippen molar-refractivity contribution in [3.63, 3.8) is 0 Å². The molecule has 7 heteroatoms. The van der Waals surface area contributed by atoms with Gasteiger partial charge in [-0.25, -0.2) is 0 Å². The van der Waals surface area contributed by atoms with Crippen LogP contribution in [0.2, 0.25) is 0 Å². The molecule has 1 aromatic heterocycles. The summed E-state index contributed by atoms with van der Waals surface area (Å²) < 4.78 is 64.6. The molecule has 0 N–H and O–H groups in total. The van der Waals surface area contributed by atoms with Gasteiger partial charge in [0.05, 0.1) is 11.6 Å². The van der Waals surface area contributed by atoms with Crippen LogP contribution in [0.15, 0.2) is 24.4 Å². The first kappa shape index (κ1) is 16.7. The topological polar surface area (TPSA) is 12.9 Å². The number of alkyl halides is 3. The summed E-state index contributed by atoms with van der Waals surface area (Å²) in [6.07, 6.45) is -3.78. The maximum absolute atomic E-state index is 13.8. The zero-order valence-corrected chi connectivity index (χ0v) is 12.4. The number of hydrogen-bond donors (Lipinski definition) is 0. The number of aryl methyl sites for hydroxylation is 1. The van der Waals surface area contributed by atoms with Gasteiger partial charge in [0.25, 0.3) is 0 Å². The molecule has 1 heterocycles. The third-order valence-electron chi connectivity index (χ3n) is 2.48. The van der Waals surface area contributed by atoms with E-state index in [1.807, 2.05) is 0 Å². The van der Waals surface area contributed by atoms with Gasteiger partial charge in [0.15, 0.2) is 0 Å². The second-order valence-corrected chi connectivity index (χ2v) is 3.92. The Morgan fingerprint density at radius 2 is 1.85 bits per heavy atom. The Labute approximate surface area is 125 Å². The van der Waals surface area contributed by atoms with Crippen LogP contribution in [0.25, 0.3) is 11.3 Å². The summed E-state index contributed by atoms with van der Waals surface area (Å²) >= 11 is 0. The molecule has 0 fully saturated rings. The maximum Gasteiger partial charge on any atom is 0.405 e. The van der Waals surface area contributed by atoms with Crippen molar-refractivity contribution < 1.29 is 42.1 Å². The van der Waals surface area contributed by atoms with Gasteiger partial charge >= 0.3 is 6.18 Å². The number of aromatic nitrogens is 1. The molecule has 1 aromatic carbocycles. The molecule has 0 spiro atoms. The first-order valence-electron chi connectivity index (χ1n) is 5.20. The van der Waals surface area contributed by atoms with E-state index in [4.69, 9.17) is 0 Å². The Balaban J connectivity index is 0.00000200. The van der Waals surface area contributed by atoms with Crippen LogP contribution in [0.4, 0.5) is 22.0 Å². The zero-order chi connectivity index (χ0) is 14.2. The molecule has 0 aliphatic carbocycles. The molecule has 0 bridgehead atoms. The molecule has 0 unspecified atom stereocenters. The smallest absolute Gasteiger partial charge is 0.305 e. The first-order chi connectivity index (χ1) is 8.80. The Morgan fingerprint density at radius 3 is 2.40 bits per heavy atom. The quantitative estimate of drug-likeness (QED) is 0.457. The molecule has 1 nitrogen and oxygen atoms in total. The van der Waals surface area contributed by atoms with Crippen LogP contribution in [0.1, 0.15) is 11.1 Å². The fourth-order valence-corrected chi connectivity index (χ4v) is 1.62. The second-order valence-electron chi connectivity index (χ2n) is 3.92. The SMILES string of the molecule is Cc1ccnc(-c2[c-]cc(F)c(C(F)(F)F)c2F)c1.[Ir]. The largest absolute Gasteiger partial charge is 0.405 e. The minimum atomic E-state index is -5.11. The molecule has 0 aliphatic heterocycles. The summed E-state index contributed by atoms with van der Waals surface area (Å²) in [6.45, 7) is 1.68. The fourth-order valence-electron chi connectivity index (χ4n) is 1.62. The molecule has 0 saturated carbocycles. The van der Waals surface area contributed by atoms with E-state index in [-0.39, 0.29) is 25.8 Å². The predicted octanol–water partition coefficient (Wildman–Crippen LogP) is 4.15. The summed E-state index contributed by atoms with van der Waals surface area (Å²) in [6, 6.07) is 5.61. The summed E-state index contributed by atoms with van der Waals surface area (Å²) in [5, 5.41) is 0.